The van der Waals surface area contributed by atoms with Crippen molar-refractivity contribution in [3.8, 4) is 23.0 Å². The first-order chi connectivity index (χ1) is 16.8. The average Bonchev–Trinajstić information content (AvgIpc) is 2.90. The SMILES string of the molecule is COc1ccc(S(=O)(=O)N(CC(=O)NCc2ccc(OC)c(OC)c2)c2ccccc2OC)cc1. The second-order valence-electron chi connectivity index (χ2n) is 7.33. The zero-order valence-electron chi connectivity index (χ0n) is 20.0. The van der Waals surface area contributed by atoms with Crippen LogP contribution in [-0.2, 0) is 21.4 Å². The molecule has 0 radical (unpaired) electrons. The van der Waals surface area contributed by atoms with Gasteiger partial charge in [-0.15, -0.1) is 0 Å². The molecule has 0 saturated heterocycles. The molecule has 10 heteroatoms. The first kappa shape index (κ1) is 25.7. The van der Waals surface area contributed by atoms with Crippen molar-refractivity contribution in [3.63, 3.8) is 0 Å². The second kappa shape index (κ2) is 11.5. The molecule has 0 atom stereocenters. The van der Waals surface area contributed by atoms with Crippen molar-refractivity contribution in [2.45, 2.75) is 11.4 Å². The van der Waals surface area contributed by atoms with Crippen LogP contribution in [0.1, 0.15) is 5.56 Å². The summed E-state index contributed by atoms with van der Waals surface area (Å²) in [5.41, 5.74) is 1.00. The van der Waals surface area contributed by atoms with Gasteiger partial charge in [-0.2, -0.15) is 0 Å². The lowest BCUT2D eigenvalue weighted by molar-refractivity contribution is -0.119. The molecule has 3 aromatic rings. The van der Waals surface area contributed by atoms with Gasteiger partial charge >= 0.3 is 0 Å². The summed E-state index contributed by atoms with van der Waals surface area (Å²) in [5.74, 6) is 1.42. The van der Waals surface area contributed by atoms with Crippen LogP contribution < -0.4 is 28.6 Å². The minimum absolute atomic E-state index is 0.0110. The molecule has 0 fully saturated rings. The van der Waals surface area contributed by atoms with Crippen molar-refractivity contribution < 1.29 is 32.2 Å². The number of anilines is 1. The molecule has 0 saturated carbocycles. The molecule has 0 spiro atoms. The molecule has 9 nitrogen and oxygen atoms in total. The summed E-state index contributed by atoms with van der Waals surface area (Å²) in [6.45, 7) is -0.288. The standard InChI is InChI=1S/C25H28N2O7S/c1-31-19-10-12-20(13-11-19)35(29,30)27(21-7-5-6-8-22(21)32-2)17-25(28)26-16-18-9-14-23(33-3)24(15-18)34-4/h5-15H,16-17H2,1-4H3,(H,26,28). The number of hydrogen-bond donors (Lipinski definition) is 1. The highest BCUT2D eigenvalue weighted by atomic mass is 32.2. The maximum Gasteiger partial charge on any atom is 0.264 e. The number of nitrogens with one attached hydrogen (secondary N) is 1. The van der Waals surface area contributed by atoms with E-state index in [4.69, 9.17) is 18.9 Å². The maximum absolute atomic E-state index is 13.6. The highest BCUT2D eigenvalue weighted by Crippen LogP contribution is 2.32. The van der Waals surface area contributed by atoms with Crippen molar-refractivity contribution >= 4 is 21.6 Å². The lowest BCUT2D eigenvalue weighted by atomic mass is 10.2. The number of para-hydroxylation sites is 2. The van der Waals surface area contributed by atoms with E-state index in [1.54, 1.807) is 54.6 Å². The van der Waals surface area contributed by atoms with Crippen molar-refractivity contribution in [2.75, 3.05) is 39.3 Å². The molecule has 0 aliphatic rings. The fourth-order valence-corrected chi connectivity index (χ4v) is 4.82. The van der Waals surface area contributed by atoms with E-state index >= 15 is 0 Å². The van der Waals surface area contributed by atoms with Crippen LogP contribution in [0.3, 0.4) is 0 Å². The summed E-state index contributed by atoms with van der Waals surface area (Å²) in [6, 6.07) is 17.8. The van der Waals surface area contributed by atoms with Crippen LogP contribution in [0, 0.1) is 0 Å². The Morgan fingerprint density at radius 1 is 0.800 bits per heavy atom. The third-order valence-corrected chi connectivity index (χ3v) is 7.00. The van der Waals surface area contributed by atoms with Crippen LogP contribution in [0.5, 0.6) is 23.0 Å². The van der Waals surface area contributed by atoms with E-state index in [1.807, 2.05) is 0 Å². The molecule has 0 aliphatic heterocycles. The van der Waals surface area contributed by atoms with Gasteiger partial charge in [-0.3, -0.25) is 9.10 Å². The van der Waals surface area contributed by atoms with E-state index in [0.717, 1.165) is 9.87 Å². The molecule has 0 aromatic heterocycles. The van der Waals surface area contributed by atoms with Crippen molar-refractivity contribution in [2.24, 2.45) is 0 Å². The Morgan fingerprint density at radius 2 is 1.46 bits per heavy atom. The van der Waals surface area contributed by atoms with E-state index in [0.29, 0.717) is 23.0 Å². The number of carbonyl (C=O) groups is 1. The summed E-state index contributed by atoms with van der Waals surface area (Å²) in [6.07, 6.45) is 0. The first-order valence-corrected chi connectivity index (χ1v) is 12.1. The fraction of sp³-hybridized carbons (Fsp3) is 0.240. The van der Waals surface area contributed by atoms with Gasteiger partial charge in [0, 0.05) is 6.54 Å². The zero-order valence-corrected chi connectivity index (χ0v) is 20.8. The predicted molar refractivity (Wildman–Crippen MR) is 132 cm³/mol. The largest absolute Gasteiger partial charge is 0.497 e. The van der Waals surface area contributed by atoms with Gasteiger partial charge in [0.15, 0.2) is 11.5 Å². The molecule has 1 N–H and O–H groups in total. The number of methoxy groups -OCH3 is 4. The molecular formula is C25H28N2O7S. The quantitative estimate of drug-likeness (QED) is 0.431. The lowest BCUT2D eigenvalue weighted by Crippen LogP contribution is -2.40. The zero-order chi connectivity index (χ0) is 25.4. The van der Waals surface area contributed by atoms with Gasteiger partial charge in [0.05, 0.1) is 39.0 Å². The molecular weight excluding hydrogens is 472 g/mol. The van der Waals surface area contributed by atoms with Gasteiger partial charge in [0.1, 0.15) is 18.0 Å². The van der Waals surface area contributed by atoms with E-state index < -0.39 is 22.5 Å². The number of ether oxygens (including phenoxy) is 4. The number of nitrogens with zero attached hydrogens (tertiary/aromatic N) is 1. The van der Waals surface area contributed by atoms with Crippen LogP contribution in [0.25, 0.3) is 0 Å². The van der Waals surface area contributed by atoms with E-state index in [9.17, 15) is 13.2 Å². The van der Waals surface area contributed by atoms with E-state index in [-0.39, 0.29) is 17.1 Å². The molecule has 1 amide bonds. The van der Waals surface area contributed by atoms with E-state index in [1.165, 1.54) is 40.6 Å². The monoisotopic (exact) mass is 500 g/mol. The predicted octanol–water partition coefficient (Wildman–Crippen LogP) is 3.23. The van der Waals surface area contributed by atoms with Crippen LogP contribution in [0.4, 0.5) is 5.69 Å². The molecule has 0 unspecified atom stereocenters. The van der Waals surface area contributed by atoms with Gasteiger partial charge in [0.2, 0.25) is 5.91 Å². The molecule has 35 heavy (non-hydrogen) atoms. The Bertz CT molecular complexity index is 1260. The third kappa shape index (κ3) is 5.96. The minimum Gasteiger partial charge on any atom is -0.497 e. The summed E-state index contributed by atoms with van der Waals surface area (Å²) >= 11 is 0. The highest BCUT2D eigenvalue weighted by molar-refractivity contribution is 7.92. The number of sulfonamides is 1. The van der Waals surface area contributed by atoms with Crippen molar-refractivity contribution in [3.05, 3.63) is 72.3 Å². The Balaban J connectivity index is 1.87. The van der Waals surface area contributed by atoms with Crippen molar-refractivity contribution in [1.29, 1.82) is 0 Å². The fourth-order valence-electron chi connectivity index (χ4n) is 3.39. The molecule has 3 aromatic carbocycles. The Labute approximate surface area is 205 Å². The Morgan fingerprint density at radius 3 is 2.09 bits per heavy atom. The van der Waals surface area contributed by atoms with Gasteiger partial charge in [-0.1, -0.05) is 18.2 Å². The smallest absolute Gasteiger partial charge is 0.264 e. The topological polar surface area (TPSA) is 103 Å². The normalized spacial score (nSPS) is 10.9. The summed E-state index contributed by atoms with van der Waals surface area (Å²) in [5, 5.41) is 2.77. The first-order valence-electron chi connectivity index (χ1n) is 10.6. The second-order valence-corrected chi connectivity index (χ2v) is 9.19. The van der Waals surface area contributed by atoms with Gasteiger partial charge in [-0.05, 0) is 54.1 Å². The lowest BCUT2D eigenvalue weighted by Gasteiger charge is -2.25. The molecule has 3 rings (SSSR count). The number of carbonyl (C=O) groups excluding carboxylic acids is 1. The number of benzene rings is 3. The van der Waals surface area contributed by atoms with Crippen LogP contribution >= 0.6 is 0 Å². The number of amides is 1. The summed E-state index contributed by atoms with van der Waals surface area (Å²) in [4.78, 5) is 12.9. The Hall–Kier alpha value is -3.92. The third-order valence-electron chi connectivity index (χ3n) is 5.23. The number of rotatable bonds is 11. The summed E-state index contributed by atoms with van der Waals surface area (Å²) in [7, 11) is 1.88. The van der Waals surface area contributed by atoms with E-state index in [2.05, 4.69) is 5.32 Å². The van der Waals surface area contributed by atoms with Gasteiger partial charge in [0.25, 0.3) is 10.0 Å². The van der Waals surface area contributed by atoms with Crippen LogP contribution in [0.2, 0.25) is 0 Å². The summed E-state index contributed by atoms with van der Waals surface area (Å²) < 4.78 is 49.2. The number of hydrogen-bond acceptors (Lipinski definition) is 7. The van der Waals surface area contributed by atoms with Crippen LogP contribution in [0.15, 0.2) is 71.6 Å². The van der Waals surface area contributed by atoms with Crippen LogP contribution in [-0.4, -0.2) is 49.3 Å². The Kier molecular flexibility index (Phi) is 8.43. The molecule has 0 aliphatic carbocycles. The average molecular weight is 501 g/mol. The molecule has 0 heterocycles. The highest BCUT2D eigenvalue weighted by Gasteiger charge is 2.29. The van der Waals surface area contributed by atoms with Gasteiger partial charge in [-0.25, -0.2) is 8.42 Å². The molecule has 186 valence electrons. The maximum atomic E-state index is 13.6. The van der Waals surface area contributed by atoms with Crippen molar-refractivity contribution in [1.82, 2.24) is 5.32 Å². The minimum atomic E-state index is -4.11. The molecule has 0 bridgehead atoms. The van der Waals surface area contributed by atoms with Gasteiger partial charge < -0.3 is 24.3 Å².